The largest absolute Gasteiger partial charge is 0.294 e. The van der Waals surface area contributed by atoms with Gasteiger partial charge in [-0.2, -0.15) is 0 Å². The maximum Gasteiger partial charge on any atom is 0.145 e. The molecule has 114 valence electrons. The Labute approximate surface area is 140 Å². The van der Waals surface area contributed by atoms with Crippen molar-refractivity contribution >= 4 is 32.7 Å². The average molecular weight is 308 g/mol. The molecule has 5 rings (SSSR count). The Kier molecular flexibility index (Phi) is 2.74. The molecular weight excluding hydrogens is 292 g/mol. The summed E-state index contributed by atoms with van der Waals surface area (Å²) in [7, 11) is 0. The lowest BCUT2D eigenvalue weighted by Crippen LogP contribution is -1.96. The molecule has 2 nitrogen and oxygen atoms in total. The summed E-state index contributed by atoms with van der Waals surface area (Å²) in [6.07, 6.45) is 1.87. The van der Waals surface area contributed by atoms with Gasteiger partial charge in [-0.25, -0.2) is 4.98 Å². The molecule has 0 fully saturated rings. The van der Waals surface area contributed by atoms with Crippen molar-refractivity contribution < 1.29 is 0 Å². The molecule has 24 heavy (non-hydrogen) atoms. The Balaban J connectivity index is 1.96. The fourth-order valence-corrected chi connectivity index (χ4v) is 3.63. The third kappa shape index (κ3) is 1.80. The van der Waals surface area contributed by atoms with Crippen LogP contribution in [0.3, 0.4) is 0 Å². The maximum atomic E-state index is 4.68. The van der Waals surface area contributed by atoms with Gasteiger partial charge in [-0.05, 0) is 47.5 Å². The third-order valence-corrected chi connectivity index (χ3v) is 4.74. The summed E-state index contributed by atoms with van der Waals surface area (Å²) >= 11 is 0. The molecule has 2 heteroatoms. The van der Waals surface area contributed by atoms with E-state index in [1.807, 2.05) is 12.3 Å². The first-order valence-corrected chi connectivity index (χ1v) is 8.17. The van der Waals surface area contributed by atoms with Gasteiger partial charge in [0.1, 0.15) is 5.65 Å². The van der Waals surface area contributed by atoms with Crippen molar-refractivity contribution in [3.8, 4) is 5.69 Å². The molecule has 0 radical (unpaired) electrons. The predicted octanol–water partition coefficient (Wildman–Crippen LogP) is 5.64. The summed E-state index contributed by atoms with van der Waals surface area (Å²) < 4.78 is 2.28. The molecule has 0 saturated heterocycles. The van der Waals surface area contributed by atoms with Crippen LogP contribution in [0.25, 0.3) is 38.4 Å². The predicted molar refractivity (Wildman–Crippen MR) is 101 cm³/mol. The summed E-state index contributed by atoms with van der Waals surface area (Å²) in [5, 5.41) is 4.96. The van der Waals surface area contributed by atoms with Crippen molar-refractivity contribution in [3.05, 3.63) is 84.6 Å². The highest BCUT2D eigenvalue weighted by Gasteiger charge is 2.14. The van der Waals surface area contributed by atoms with Gasteiger partial charge >= 0.3 is 0 Å². The first kappa shape index (κ1) is 13.3. The van der Waals surface area contributed by atoms with E-state index in [1.54, 1.807) is 0 Å². The number of aryl methyl sites for hydroxylation is 1. The van der Waals surface area contributed by atoms with E-state index >= 15 is 0 Å². The molecule has 0 unspecified atom stereocenters. The van der Waals surface area contributed by atoms with Crippen LogP contribution < -0.4 is 0 Å². The highest BCUT2D eigenvalue weighted by Crippen LogP contribution is 2.33. The third-order valence-electron chi connectivity index (χ3n) is 4.74. The van der Waals surface area contributed by atoms with E-state index in [4.69, 9.17) is 0 Å². The van der Waals surface area contributed by atoms with E-state index < -0.39 is 0 Å². The topological polar surface area (TPSA) is 17.8 Å². The minimum absolute atomic E-state index is 1.01. The van der Waals surface area contributed by atoms with E-state index in [0.717, 1.165) is 11.3 Å². The van der Waals surface area contributed by atoms with Gasteiger partial charge in [0.2, 0.25) is 0 Å². The molecule has 0 aliphatic carbocycles. The summed E-state index contributed by atoms with van der Waals surface area (Å²) in [6.45, 7) is 2.17. The average Bonchev–Trinajstić information content (AvgIpc) is 2.97. The molecule has 0 aliphatic rings. The standard InChI is InChI=1S/C22H16N2/c1-15-6-4-9-19-20-10-5-13-23-22(20)24(21(15)19)18-12-11-16-7-2-3-8-17(16)14-18/h2-14H,1H3. The smallest absolute Gasteiger partial charge is 0.145 e. The lowest BCUT2D eigenvalue weighted by Gasteiger charge is -2.10. The number of hydrogen-bond donors (Lipinski definition) is 0. The van der Waals surface area contributed by atoms with Gasteiger partial charge in [0, 0.05) is 22.7 Å². The van der Waals surface area contributed by atoms with Gasteiger partial charge in [0.15, 0.2) is 0 Å². The molecule has 0 aliphatic heterocycles. The van der Waals surface area contributed by atoms with Crippen LogP contribution in [0.1, 0.15) is 5.56 Å². The normalized spacial score (nSPS) is 11.5. The van der Waals surface area contributed by atoms with Crippen LogP contribution in [0.5, 0.6) is 0 Å². The van der Waals surface area contributed by atoms with Gasteiger partial charge in [0.05, 0.1) is 5.52 Å². The highest BCUT2D eigenvalue weighted by atomic mass is 15.0. The molecule has 3 aromatic carbocycles. The zero-order valence-electron chi connectivity index (χ0n) is 13.4. The summed E-state index contributed by atoms with van der Waals surface area (Å²) in [5.74, 6) is 0. The number of aromatic nitrogens is 2. The Morgan fingerprint density at radius 3 is 2.50 bits per heavy atom. The molecular formula is C22H16N2. The van der Waals surface area contributed by atoms with E-state index in [-0.39, 0.29) is 0 Å². The number of fused-ring (bicyclic) bond motifs is 4. The van der Waals surface area contributed by atoms with Gasteiger partial charge in [-0.3, -0.25) is 4.57 Å². The number of benzene rings is 3. The number of nitrogens with zero attached hydrogens (tertiary/aromatic N) is 2. The molecule has 0 N–H and O–H groups in total. The highest BCUT2D eigenvalue weighted by molar-refractivity contribution is 6.09. The van der Waals surface area contributed by atoms with Gasteiger partial charge in [-0.1, -0.05) is 48.5 Å². The monoisotopic (exact) mass is 308 g/mol. The lowest BCUT2D eigenvalue weighted by atomic mass is 10.1. The number of para-hydroxylation sites is 1. The second-order valence-corrected chi connectivity index (χ2v) is 6.21. The summed E-state index contributed by atoms with van der Waals surface area (Å²) in [5.41, 5.74) is 4.67. The Bertz CT molecular complexity index is 1210. The molecule has 0 amide bonds. The van der Waals surface area contributed by atoms with Gasteiger partial charge < -0.3 is 0 Å². The molecule has 2 aromatic heterocycles. The number of pyridine rings is 1. The van der Waals surface area contributed by atoms with Gasteiger partial charge in [0.25, 0.3) is 0 Å². The Morgan fingerprint density at radius 2 is 1.58 bits per heavy atom. The number of hydrogen-bond acceptors (Lipinski definition) is 1. The SMILES string of the molecule is Cc1cccc2c3cccnc3n(-c3ccc4ccccc4c3)c12. The molecule has 0 spiro atoms. The minimum Gasteiger partial charge on any atom is -0.294 e. The van der Waals surface area contributed by atoms with Crippen LogP contribution in [-0.2, 0) is 0 Å². The van der Waals surface area contributed by atoms with Crippen LogP contribution >= 0.6 is 0 Å². The summed E-state index contributed by atoms with van der Waals surface area (Å²) in [4.78, 5) is 4.68. The molecule has 0 saturated carbocycles. The zero-order valence-corrected chi connectivity index (χ0v) is 13.4. The first-order chi connectivity index (χ1) is 11.8. The van der Waals surface area contributed by atoms with Crippen molar-refractivity contribution in [3.63, 3.8) is 0 Å². The zero-order chi connectivity index (χ0) is 16.1. The lowest BCUT2D eigenvalue weighted by molar-refractivity contribution is 1.13. The fraction of sp³-hybridized carbons (Fsp3) is 0.0455. The second-order valence-electron chi connectivity index (χ2n) is 6.21. The second kappa shape index (κ2) is 4.93. The minimum atomic E-state index is 1.01. The van der Waals surface area contributed by atoms with Gasteiger partial charge in [-0.15, -0.1) is 0 Å². The van der Waals surface area contributed by atoms with Crippen molar-refractivity contribution in [1.29, 1.82) is 0 Å². The maximum absolute atomic E-state index is 4.68. The van der Waals surface area contributed by atoms with Crippen molar-refractivity contribution in [2.75, 3.05) is 0 Å². The van der Waals surface area contributed by atoms with E-state index in [0.29, 0.717) is 0 Å². The molecule has 0 bridgehead atoms. The quantitative estimate of drug-likeness (QED) is 0.392. The van der Waals surface area contributed by atoms with Crippen LogP contribution in [0, 0.1) is 6.92 Å². The van der Waals surface area contributed by atoms with Crippen LogP contribution in [0.4, 0.5) is 0 Å². The van der Waals surface area contributed by atoms with E-state index in [9.17, 15) is 0 Å². The first-order valence-electron chi connectivity index (χ1n) is 8.17. The number of rotatable bonds is 1. The molecule has 2 heterocycles. The molecule has 5 aromatic rings. The van der Waals surface area contributed by atoms with Crippen LogP contribution in [0.15, 0.2) is 79.0 Å². The fourth-order valence-electron chi connectivity index (χ4n) is 3.63. The van der Waals surface area contributed by atoms with E-state index in [1.165, 1.54) is 32.6 Å². The van der Waals surface area contributed by atoms with Crippen molar-refractivity contribution in [2.24, 2.45) is 0 Å². The summed E-state index contributed by atoms with van der Waals surface area (Å²) in [6, 6.07) is 25.7. The Hall–Kier alpha value is -3.13. The van der Waals surface area contributed by atoms with Crippen molar-refractivity contribution in [1.82, 2.24) is 9.55 Å². The Morgan fingerprint density at radius 1 is 0.750 bits per heavy atom. The van der Waals surface area contributed by atoms with Crippen LogP contribution in [0.2, 0.25) is 0 Å². The molecule has 0 atom stereocenters. The van der Waals surface area contributed by atoms with E-state index in [2.05, 4.69) is 83.2 Å². The van der Waals surface area contributed by atoms with Crippen LogP contribution in [-0.4, -0.2) is 9.55 Å². The van der Waals surface area contributed by atoms with Crippen molar-refractivity contribution in [2.45, 2.75) is 6.92 Å².